The second kappa shape index (κ2) is 11.0. The summed E-state index contributed by atoms with van der Waals surface area (Å²) in [6, 6.07) is 8.68. The van der Waals surface area contributed by atoms with Gasteiger partial charge in [-0.25, -0.2) is 0 Å². The molecule has 0 amide bonds. The number of benzene rings is 1. The standard InChI is InChI=1S/C22H32N6O.HI/c1-2-23-21(24-13-7-8-14-28-16-25-26-17-28)27-19-15-22(11-5-6-12-22)29-20-10-4-3-9-18(19)20;/h3-4,9-10,16-17,19H,2,5-8,11-15H2,1H3,(H2,23,24,27);1H. The molecule has 8 heteroatoms. The Bertz CT molecular complexity index is 804. The van der Waals surface area contributed by atoms with Gasteiger partial charge in [-0.1, -0.05) is 18.2 Å². The minimum absolute atomic E-state index is 0. The van der Waals surface area contributed by atoms with Gasteiger partial charge < -0.3 is 19.9 Å². The zero-order chi connectivity index (χ0) is 19.9. The van der Waals surface area contributed by atoms with Crippen LogP contribution in [0, 0.1) is 0 Å². The zero-order valence-corrected chi connectivity index (χ0v) is 20.0. The van der Waals surface area contributed by atoms with Crippen LogP contribution in [0.5, 0.6) is 5.75 Å². The number of aromatic nitrogens is 3. The molecule has 1 aliphatic heterocycles. The van der Waals surface area contributed by atoms with Gasteiger partial charge in [0.05, 0.1) is 6.04 Å². The van der Waals surface area contributed by atoms with E-state index in [0.717, 1.165) is 63.4 Å². The summed E-state index contributed by atoms with van der Waals surface area (Å²) in [6.07, 6.45) is 11.4. The molecule has 0 bridgehead atoms. The molecule has 2 aromatic rings. The minimum atomic E-state index is -0.0117. The number of guanidine groups is 1. The summed E-state index contributed by atoms with van der Waals surface area (Å²) < 4.78 is 8.49. The maximum Gasteiger partial charge on any atom is 0.191 e. The smallest absolute Gasteiger partial charge is 0.191 e. The van der Waals surface area contributed by atoms with Crippen LogP contribution in [0.2, 0.25) is 0 Å². The van der Waals surface area contributed by atoms with E-state index < -0.39 is 0 Å². The van der Waals surface area contributed by atoms with Gasteiger partial charge in [-0.2, -0.15) is 0 Å². The van der Waals surface area contributed by atoms with E-state index in [-0.39, 0.29) is 35.6 Å². The van der Waals surface area contributed by atoms with Crippen LogP contribution in [-0.2, 0) is 6.54 Å². The first-order valence-corrected chi connectivity index (χ1v) is 10.9. The maximum absolute atomic E-state index is 6.49. The Balaban J connectivity index is 0.00000256. The van der Waals surface area contributed by atoms with Crippen molar-refractivity contribution in [2.45, 2.75) is 70.1 Å². The van der Waals surface area contributed by atoms with Crippen molar-refractivity contribution in [3.63, 3.8) is 0 Å². The van der Waals surface area contributed by atoms with Crippen molar-refractivity contribution in [2.24, 2.45) is 4.99 Å². The molecule has 7 nitrogen and oxygen atoms in total. The number of fused-ring (bicyclic) bond motifs is 1. The molecule has 2 N–H and O–H groups in total. The number of ether oxygens (including phenoxy) is 1. The van der Waals surface area contributed by atoms with E-state index >= 15 is 0 Å². The lowest BCUT2D eigenvalue weighted by Crippen LogP contribution is -2.46. The van der Waals surface area contributed by atoms with Gasteiger partial charge >= 0.3 is 0 Å². The van der Waals surface area contributed by atoms with E-state index in [2.05, 4.69) is 52.0 Å². The number of aliphatic imine (C=N–C) groups is 1. The third kappa shape index (κ3) is 5.65. The van der Waals surface area contributed by atoms with Crippen LogP contribution in [0.4, 0.5) is 0 Å². The zero-order valence-electron chi connectivity index (χ0n) is 17.7. The van der Waals surface area contributed by atoms with Crippen LogP contribution in [0.15, 0.2) is 41.9 Å². The minimum Gasteiger partial charge on any atom is -0.487 e. The fraction of sp³-hybridized carbons (Fsp3) is 0.591. The Labute approximate surface area is 196 Å². The molecule has 2 heterocycles. The molecule has 1 aromatic heterocycles. The van der Waals surface area contributed by atoms with Gasteiger partial charge in [-0.15, -0.1) is 34.2 Å². The summed E-state index contributed by atoms with van der Waals surface area (Å²) in [6.45, 7) is 4.69. The number of rotatable bonds is 7. The Morgan fingerprint density at radius 1 is 1.20 bits per heavy atom. The Kier molecular flexibility index (Phi) is 8.35. The molecule has 1 spiro atoms. The van der Waals surface area contributed by atoms with Crippen LogP contribution in [0.3, 0.4) is 0 Å². The SMILES string of the molecule is CCNC(=NCCCCn1cnnc1)NC1CC2(CCCC2)Oc2ccccc21.I. The molecule has 1 aromatic carbocycles. The van der Waals surface area contributed by atoms with Crippen LogP contribution < -0.4 is 15.4 Å². The maximum atomic E-state index is 6.49. The van der Waals surface area contributed by atoms with Crippen LogP contribution >= 0.6 is 24.0 Å². The lowest BCUT2D eigenvalue weighted by molar-refractivity contribution is 0.0396. The van der Waals surface area contributed by atoms with Gasteiger partial charge in [0.15, 0.2) is 5.96 Å². The number of nitrogens with one attached hydrogen (secondary N) is 2. The Morgan fingerprint density at radius 3 is 2.73 bits per heavy atom. The predicted molar refractivity (Wildman–Crippen MR) is 129 cm³/mol. The van der Waals surface area contributed by atoms with E-state index in [9.17, 15) is 0 Å². The number of hydrogen-bond donors (Lipinski definition) is 2. The second-order valence-electron chi connectivity index (χ2n) is 8.10. The van der Waals surface area contributed by atoms with Crippen LogP contribution in [-0.4, -0.2) is 39.4 Å². The highest BCUT2D eigenvalue weighted by Crippen LogP contribution is 2.46. The normalized spacial score (nSPS) is 19.6. The van der Waals surface area contributed by atoms with Crippen molar-refractivity contribution in [1.82, 2.24) is 25.4 Å². The van der Waals surface area contributed by atoms with Gasteiger partial charge in [0.1, 0.15) is 24.0 Å². The Morgan fingerprint density at radius 2 is 1.97 bits per heavy atom. The number of halogens is 1. The molecule has 0 saturated heterocycles. The van der Waals surface area contributed by atoms with Crippen molar-refractivity contribution in [2.75, 3.05) is 13.1 Å². The van der Waals surface area contributed by atoms with E-state index in [4.69, 9.17) is 9.73 Å². The van der Waals surface area contributed by atoms with E-state index in [1.165, 1.54) is 18.4 Å². The highest BCUT2D eigenvalue weighted by molar-refractivity contribution is 14.0. The molecule has 1 saturated carbocycles. The van der Waals surface area contributed by atoms with E-state index in [1.54, 1.807) is 12.7 Å². The van der Waals surface area contributed by atoms with Gasteiger partial charge in [-0.3, -0.25) is 4.99 Å². The van der Waals surface area contributed by atoms with Gasteiger partial charge in [0.2, 0.25) is 0 Å². The summed E-state index contributed by atoms with van der Waals surface area (Å²) in [5, 5.41) is 14.8. The average molecular weight is 524 g/mol. The van der Waals surface area contributed by atoms with Crippen molar-refractivity contribution < 1.29 is 4.74 Å². The fourth-order valence-corrected chi connectivity index (χ4v) is 4.49. The summed E-state index contributed by atoms with van der Waals surface area (Å²) in [7, 11) is 0. The Hall–Kier alpha value is -1.84. The van der Waals surface area contributed by atoms with Crippen molar-refractivity contribution in [3.8, 4) is 5.75 Å². The number of para-hydroxylation sites is 1. The van der Waals surface area contributed by atoms with Gasteiger partial charge in [0.25, 0.3) is 0 Å². The largest absolute Gasteiger partial charge is 0.487 e. The molecule has 30 heavy (non-hydrogen) atoms. The lowest BCUT2D eigenvalue weighted by atomic mass is 9.86. The molecule has 164 valence electrons. The third-order valence-corrected chi connectivity index (χ3v) is 5.93. The molecular formula is C22H33IN6O. The van der Waals surface area contributed by atoms with Crippen molar-refractivity contribution in [3.05, 3.63) is 42.5 Å². The molecule has 2 aliphatic rings. The quantitative estimate of drug-likeness (QED) is 0.247. The molecule has 1 atom stereocenters. The number of aryl methyl sites for hydroxylation is 1. The van der Waals surface area contributed by atoms with Crippen LogP contribution in [0.1, 0.15) is 63.5 Å². The lowest BCUT2D eigenvalue weighted by Gasteiger charge is -2.40. The van der Waals surface area contributed by atoms with Crippen LogP contribution in [0.25, 0.3) is 0 Å². The van der Waals surface area contributed by atoms with E-state index in [1.807, 2.05) is 4.57 Å². The molecule has 1 unspecified atom stereocenters. The average Bonchev–Trinajstić information content (AvgIpc) is 3.40. The highest BCUT2D eigenvalue weighted by Gasteiger charge is 2.43. The summed E-state index contributed by atoms with van der Waals surface area (Å²) in [5.74, 6) is 1.93. The molecule has 0 radical (unpaired) electrons. The summed E-state index contributed by atoms with van der Waals surface area (Å²) in [4.78, 5) is 4.83. The van der Waals surface area contributed by atoms with Gasteiger partial charge in [-0.05, 0) is 51.5 Å². The molecule has 1 aliphatic carbocycles. The fourth-order valence-electron chi connectivity index (χ4n) is 4.49. The first kappa shape index (κ1) is 22.8. The third-order valence-electron chi connectivity index (χ3n) is 5.93. The first-order valence-electron chi connectivity index (χ1n) is 10.9. The van der Waals surface area contributed by atoms with Gasteiger partial charge in [0, 0.05) is 31.6 Å². The number of unbranched alkanes of at least 4 members (excludes halogenated alkanes) is 1. The molecular weight excluding hydrogens is 491 g/mol. The molecule has 4 rings (SSSR count). The summed E-state index contributed by atoms with van der Waals surface area (Å²) >= 11 is 0. The topological polar surface area (TPSA) is 76.4 Å². The van der Waals surface area contributed by atoms with Crippen molar-refractivity contribution in [1.29, 1.82) is 0 Å². The summed E-state index contributed by atoms with van der Waals surface area (Å²) in [5.41, 5.74) is 1.23. The van der Waals surface area contributed by atoms with Crippen molar-refractivity contribution >= 4 is 29.9 Å². The monoisotopic (exact) mass is 524 g/mol. The second-order valence-corrected chi connectivity index (χ2v) is 8.10. The number of nitrogens with zero attached hydrogens (tertiary/aromatic N) is 4. The molecule has 1 fully saturated rings. The number of hydrogen-bond acceptors (Lipinski definition) is 4. The first-order chi connectivity index (χ1) is 14.3. The van der Waals surface area contributed by atoms with E-state index in [0.29, 0.717) is 0 Å². The highest BCUT2D eigenvalue weighted by atomic mass is 127. The predicted octanol–water partition coefficient (Wildman–Crippen LogP) is 4.07.